The van der Waals surface area contributed by atoms with Crippen LogP contribution in [0.4, 0.5) is 0 Å². The van der Waals surface area contributed by atoms with E-state index in [-0.39, 0.29) is 11.8 Å². The molecular weight excluding hydrogens is 428 g/mol. The first kappa shape index (κ1) is 17.4. The summed E-state index contributed by atoms with van der Waals surface area (Å²) in [5.41, 5.74) is 2.96. The first-order valence-electron chi connectivity index (χ1n) is 9.29. The zero-order chi connectivity index (χ0) is 18.6. The molecule has 0 aromatic heterocycles. The first-order valence-corrected chi connectivity index (χ1v) is 10.5. The van der Waals surface area contributed by atoms with Crippen LogP contribution in [0.3, 0.4) is 0 Å². The number of fused-ring (bicyclic) bond motifs is 4. The first-order chi connectivity index (χ1) is 13.1. The van der Waals surface area contributed by atoms with Crippen molar-refractivity contribution in [1.29, 1.82) is 0 Å². The number of halogens is 2. The minimum Gasteiger partial charge on any atom is -0.493 e. The molecule has 3 aliphatic rings. The van der Waals surface area contributed by atoms with Crippen molar-refractivity contribution in [2.45, 2.75) is 43.9 Å². The highest BCUT2D eigenvalue weighted by Gasteiger charge is 2.52. The summed E-state index contributed by atoms with van der Waals surface area (Å²) in [7, 11) is 1.70. The van der Waals surface area contributed by atoms with E-state index in [0.29, 0.717) is 0 Å². The molecule has 2 aromatic rings. The van der Waals surface area contributed by atoms with E-state index in [9.17, 15) is 0 Å². The highest BCUT2D eigenvalue weighted by molar-refractivity contribution is 9.10. The largest absolute Gasteiger partial charge is 0.493 e. The molecule has 1 aliphatic carbocycles. The standard InChI is InChI=1S/C21H20BrClN2O2/c1-26-19-11-14(22)10-16-18-12-17(13-4-6-15(23)7-5-13)24-25(18)21(27-20(16)19)8-2-3-9-21/h4-7,10-11,18H,2-3,8-9,12H2,1H3. The molecule has 0 radical (unpaired) electrons. The normalized spacial score (nSPS) is 22.3. The third-order valence-corrected chi connectivity index (χ3v) is 6.52. The van der Waals surface area contributed by atoms with Crippen LogP contribution in [0.5, 0.6) is 11.5 Å². The monoisotopic (exact) mass is 446 g/mol. The highest BCUT2D eigenvalue weighted by atomic mass is 79.9. The van der Waals surface area contributed by atoms with Gasteiger partial charge in [-0.05, 0) is 42.7 Å². The van der Waals surface area contributed by atoms with Crippen molar-refractivity contribution >= 4 is 33.2 Å². The molecule has 5 rings (SSSR count). The number of rotatable bonds is 2. The van der Waals surface area contributed by atoms with Gasteiger partial charge in [0.15, 0.2) is 17.2 Å². The number of hydrogen-bond donors (Lipinski definition) is 0. The Labute approximate surface area is 172 Å². The SMILES string of the molecule is COc1cc(Br)cc2c1OC1(CCCC1)N1N=C(c3ccc(Cl)cc3)CC21. The van der Waals surface area contributed by atoms with Crippen LogP contribution < -0.4 is 9.47 Å². The van der Waals surface area contributed by atoms with Gasteiger partial charge in [-0.25, -0.2) is 5.01 Å². The lowest BCUT2D eigenvalue weighted by atomic mass is 9.93. The second-order valence-corrected chi connectivity index (χ2v) is 8.75. The molecule has 6 heteroatoms. The fraction of sp³-hybridized carbons (Fsp3) is 0.381. The van der Waals surface area contributed by atoms with Crippen molar-refractivity contribution in [3.8, 4) is 11.5 Å². The Morgan fingerprint density at radius 1 is 1.22 bits per heavy atom. The zero-order valence-electron chi connectivity index (χ0n) is 15.0. The van der Waals surface area contributed by atoms with Crippen LogP contribution in [-0.4, -0.2) is 23.6 Å². The molecule has 0 amide bonds. The Morgan fingerprint density at radius 2 is 1.96 bits per heavy atom. The van der Waals surface area contributed by atoms with E-state index in [2.05, 4.69) is 27.0 Å². The molecular formula is C21H20BrClN2O2. The zero-order valence-corrected chi connectivity index (χ0v) is 17.4. The van der Waals surface area contributed by atoms with Crippen LogP contribution in [0.1, 0.15) is 49.3 Å². The van der Waals surface area contributed by atoms with Gasteiger partial charge in [0, 0.05) is 34.3 Å². The van der Waals surface area contributed by atoms with E-state index >= 15 is 0 Å². The van der Waals surface area contributed by atoms with Crippen LogP contribution in [0.25, 0.3) is 0 Å². The number of benzene rings is 2. The second kappa shape index (κ2) is 6.42. The molecule has 1 unspecified atom stereocenters. The fourth-order valence-electron chi connectivity index (χ4n) is 4.54. The average Bonchev–Trinajstić information content (AvgIpc) is 3.31. The molecule has 1 fully saturated rings. The van der Waals surface area contributed by atoms with E-state index in [0.717, 1.165) is 69.9 Å². The molecule has 1 spiro atoms. The predicted octanol–water partition coefficient (Wildman–Crippen LogP) is 5.92. The number of ether oxygens (including phenoxy) is 2. The molecule has 2 aliphatic heterocycles. The van der Waals surface area contributed by atoms with Crippen LogP contribution in [0.15, 0.2) is 46.0 Å². The molecule has 27 heavy (non-hydrogen) atoms. The minimum atomic E-state index is -0.368. The summed E-state index contributed by atoms with van der Waals surface area (Å²) in [6.45, 7) is 0. The summed E-state index contributed by atoms with van der Waals surface area (Å²) in [6, 6.07) is 12.2. The van der Waals surface area contributed by atoms with Gasteiger partial charge in [-0.15, -0.1) is 0 Å². The minimum absolute atomic E-state index is 0.156. The van der Waals surface area contributed by atoms with Crippen LogP contribution >= 0.6 is 27.5 Å². The Balaban J connectivity index is 1.63. The molecule has 1 saturated carbocycles. The van der Waals surface area contributed by atoms with E-state index in [1.54, 1.807) is 7.11 Å². The van der Waals surface area contributed by atoms with Gasteiger partial charge in [0.25, 0.3) is 0 Å². The number of hydrogen-bond acceptors (Lipinski definition) is 4. The maximum atomic E-state index is 6.63. The van der Waals surface area contributed by atoms with Gasteiger partial charge in [0.1, 0.15) is 0 Å². The van der Waals surface area contributed by atoms with Gasteiger partial charge in [-0.2, -0.15) is 5.10 Å². The lowest BCUT2D eigenvalue weighted by molar-refractivity contribution is -0.115. The third-order valence-electron chi connectivity index (χ3n) is 5.81. The van der Waals surface area contributed by atoms with Crippen LogP contribution in [0.2, 0.25) is 5.02 Å². The topological polar surface area (TPSA) is 34.1 Å². The highest BCUT2D eigenvalue weighted by Crippen LogP contribution is 2.55. The smallest absolute Gasteiger partial charge is 0.198 e. The van der Waals surface area contributed by atoms with Gasteiger partial charge in [0.05, 0.1) is 18.9 Å². The van der Waals surface area contributed by atoms with Crippen LogP contribution in [-0.2, 0) is 0 Å². The number of methoxy groups -OCH3 is 1. The van der Waals surface area contributed by atoms with Crippen molar-refractivity contribution < 1.29 is 9.47 Å². The molecule has 1 atom stereocenters. The summed E-state index contributed by atoms with van der Waals surface area (Å²) in [5.74, 6) is 1.65. The van der Waals surface area contributed by atoms with E-state index in [1.807, 2.05) is 30.3 Å². The maximum absolute atomic E-state index is 6.63. The summed E-state index contributed by atoms with van der Waals surface area (Å²) < 4.78 is 13.3. The van der Waals surface area contributed by atoms with E-state index < -0.39 is 0 Å². The van der Waals surface area contributed by atoms with Crippen molar-refractivity contribution in [2.75, 3.05) is 7.11 Å². The molecule has 0 N–H and O–H groups in total. The van der Waals surface area contributed by atoms with Crippen molar-refractivity contribution in [2.24, 2.45) is 5.10 Å². The lowest BCUT2D eigenvalue weighted by Gasteiger charge is -2.46. The molecule has 0 bridgehead atoms. The third kappa shape index (κ3) is 2.74. The summed E-state index contributed by atoms with van der Waals surface area (Å²) in [5, 5.41) is 8.02. The van der Waals surface area contributed by atoms with Crippen molar-refractivity contribution in [3.05, 3.63) is 57.0 Å². The Hall–Kier alpha value is -1.72. The Morgan fingerprint density at radius 3 is 2.67 bits per heavy atom. The van der Waals surface area contributed by atoms with Crippen molar-refractivity contribution in [3.63, 3.8) is 0 Å². The van der Waals surface area contributed by atoms with Crippen molar-refractivity contribution in [1.82, 2.24) is 5.01 Å². The van der Waals surface area contributed by atoms with Gasteiger partial charge < -0.3 is 9.47 Å². The summed E-state index contributed by atoms with van der Waals surface area (Å²) in [4.78, 5) is 0. The van der Waals surface area contributed by atoms with Gasteiger partial charge in [-0.3, -0.25) is 0 Å². The lowest BCUT2D eigenvalue weighted by Crippen LogP contribution is -2.51. The molecule has 2 heterocycles. The molecule has 140 valence electrons. The summed E-state index contributed by atoms with van der Waals surface area (Å²) in [6.07, 6.45) is 5.13. The molecule has 4 nitrogen and oxygen atoms in total. The number of hydrazone groups is 1. The van der Waals surface area contributed by atoms with Crippen LogP contribution in [0, 0.1) is 0 Å². The quantitative estimate of drug-likeness (QED) is 0.572. The fourth-order valence-corrected chi connectivity index (χ4v) is 5.12. The molecule has 2 aromatic carbocycles. The Kier molecular flexibility index (Phi) is 4.13. The second-order valence-electron chi connectivity index (χ2n) is 7.40. The van der Waals surface area contributed by atoms with E-state index in [1.165, 1.54) is 0 Å². The van der Waals surface area contributed by atoms with Gasteiger partial charge >= 0.3 is 0 Å². The van der Waals surface area contributed by atoms with Gasteiger partial charge in [-0.1, -0.05) is 39.7 Å². The molecule has 0 saturated heterocycles. The number of nitrogens with zero attached hydrogens (tertiary/aromatic N) is 2. The van der Waals surface area contributed by atoms with E-state index in [4.69, 9.17) is 26.2 Å². The van der Waals surface area contributed by atoms with Gasteiger partial charge in [0.2, 0.25) is 0 Å². The summed E-state index contributed by atoms with van der Waals surface area (Å²) >= 11 is 9.68. The maximum Gasteiger partial charge on any atom is 0.198 e. The average molecular weight is 448 g/mol. The predicted molar refractivity (Wildman–Crippen MR) is 110 cm³/mol. The Bertz CT molecular complexity index is 923.